The molecule has 9 heteroatoms. The number of hydrogen-bond donors (Lipinski definition) is 0. The molecule has 36 heavy (non-hydrogen) atoms. The van der Waals surface area contributed by atoms with Crippen molar-refractivity contribution in [3.63, 3.8) is 0 Å². The number of thiazole rings is 1. The number of piperidine rings is 1. The summed E-state index contributed by atoms with van der Waals surface area (Å²) in [6.07, 6.45) is 6.28. The Hall–Kier alpha value is -3.17. The van der Waals surface area contributed by atoms with E-state index in [0.717, 1.165) is 30.8 Å². The van der Waals surface area contributed by atoms with E-state index in [0.29, 0.717) is 18.1 Å². The molecule has 2 unspecified atom stereocenters. The lowest BCUT2D eigenvalue weighted by atomic mass is 9.96. The van der Waals surface area contributed by atoms with Gasteiger partial charge in [-0.1, -0.05) is 35.6 Å². The number of aliphatic carboxylic acids is 2. The standard InChI is InChI=1S/C25H31N3OS.C2H2O4/c1-18-7-5-8-22(15-18)29-14-6-13-28-19-11-12-20(28)17-21(16-19)27(2)25-26-23-9-3-4-10-24(23)30-25;3-1(4)2(5)6/h3-5,7-10,15,19-21H,6,11-14,16-17H2,1-2H3;(H,3,4)(H,5,6)/p-2. The quantitative estimate of drug-likeness (QED) is 0.351. The van der Waals surface area contributed by atoms with Gasteiger partial charge in [-0.05, 0) is 68.9 Å². The van der Waals surface area contributed by atoms with Gasteiger partial charge in [0.1, 0.15) is 5.75 Å². The minimum Gasteiger partial charge on any atom is -0.543 e. The second-order valence-electron chi connectivity index (χ2n) is 9.42. The number of nitrogens with zero attached hydrogens (tertiary/aromatic N) is 3. The second-order valence-corrected chi connectivity index (χ2v) is 10.4. The Morgan fingerprint density at radius 2 is 1.78 bits per heavy atom. The lowest BCUT2D eigenvalue weighted by Crippen LogP contribution is -2.50. The smallest absolute Gasteiger partial charge is 0.186 e. The minimum absolute atomic E-state index is 0.600. The van der Waals surface area contributed by atoms with Crippen LogP contribution in [0.25, 0.3) is 10.2 Å². The molecule has 3 aromatic rings. The topological polar surface area (TPSA) is 109 Å². The van der Waals surface area contributed by atoms with Crippen LogP contribution in [-0.2, 0) is 9.59 Å². The molecule has 192 valence electrons. The molecule has 3 heterocycles. The predicted molar refractivity (Wildman–Crippen MR) is 136 cm³/mol. The van der Waals surface area contributed by atoms with Gasteiger partial charge in [0.2, 0.25) is 0 Å². The fraction of sp³-hybridized carbons (Fsp3) is 0.444. The van der Waals surface area contributed by atoms with Crippen LogP contribution >= 0.6 is 11.3 Å². The number of ether oxygens (including phenoxy) is 1. The molecule has 2 saturated heterocycles. The van der Waals surface area contributed by atoms with Gasteiger partial charge in [-0.25, -0.2) is 4.98 Å². The summed E-state index contributed by atoms with van der Waals surface area (Å²) in [7, 11) is 2.24. The highest BCUT2D eigenvalue weighted by Crippen LogP contribution is 2.39. The molecule has 0 radical (unpaired) electrons. The molecule has 0 aliphatic carbocycles. The number of benzene rings is 2. The zero-order valence-electron chi connectivity index (χ0n) is 20.6. The third-order valence-corrected chi connectivity index (χ3v) is 8.10. The van der Waals surface area contributed by atoms with Crippen molar-refractivity contribution in [1.82, 2.24) is 9.88 Å². The van der Waals surface area contributed by atoms with Crippen LogP contribution in [0.2, 0.25) is 0 Å². The summed E-state index contributed by atoms with van der Waals surface area (Å²) in [4.78, 5) is 28.0. The number of carboxylic acids is 2. The van der Waals surface area contributed by atoms with Crippen LogP contribution in [0.3, 0.4) is 0 Å². The molecule has 2 atom stereocenters. The number of carbonyl (C=O) groups excluding carboxylic acids is 2. The van der Waals surface area contributed by atoms with Crippen molar-refractivity contribution in [3.8, 4) is 5.75 Å². The van der Waals surface area contributed by atoms with E-state index < -0.39 is 11.9 Å². The van der Waals surface area contributed by atoms with Crippen molar-refractivity contribution >= 4 is 38.6 Å². The van der Waals surface area contributed by atoms with Gasteiger partial charge in [-0.2, -0.15) is 0 Å². The average Bonchev–Trinajstić information content (AvgIpc) is 3.39. The Bertz CT molecular complexity index is 1140. The van der Waals surface area contributed by atoms with E-state index in [1.54, 1.807) is 0 Å². The highest BCUT2D eigenvalue weighted by molar-refractivity contribution is 7.22. The molecule has 0 spiro atoms. The van der Waals surface area contributed by atoms with E-state index in [1.165, 1.54) is 41.1 Å². The van der Waals surface area contributed by atoms with Crippen LogP contribution < -0.4 is 19.8 Å². The first-order valence-corrected chi connectivity index (χ1v) is 13.1. The highest BCUT2D eigenvalue weighted by Gasteiger charge is 2.41. The summed E-state index contributed by atoms with van der Waals surface area (Å²) in [5.41, 5.74) is 2.38. The van der Waals surface area contributed by atoms with E-state index in [9.17, 15) is 0 Å². The zero-order chi connectivity index (χ0) is 25.7. The number of aryl methyl sites for hydroxylation is 1. The highest BCUT2D eigenvalue weighted by atomic mass is 32.1. The molecule has 2 aliphatic rings. The van der Waals surface area contributed by atoms with E-state index >= 15 is 0 Å². The van der Waals surface area contributed by atoms with Crippen LogP contribution in [0.4, 0.5) is 5.13 Å². The fourth-order valence-electron chi connectivity index (χ4n) is 5.24. The number of anilines is 1. The molecule has 0 N–H and O–H groups in total. The monoisotopic (exact) mass is 509 g/mol. The summed E-state index contributed by atoms with van der Waals surface area (Å²) < 4.78 is 7.26. The van der Waals surface area contributed by atoms with Crippen molar-refractivity contribution in [3.05, 3.63) is 54.1 Å². The molecular weight excluding hydrogens is 478 g/mol. The van der Waals surface area contributed by atoms with E-state index in [4.69, 9.17) is 29.5 Å². The van der Waals surface area contributed by atoms with Crippen LogP contribution in [0.1, 0.15) is 37.7 Å². The number of rotatable bonds is 7. The average molecular weight is 510 g/mol. The van der Waals surface area contributed by atoms with Gasteiger partial charge in [0.25, 0.3) is 0 Å². The maximum Gasteiger partial charge on any atom is 0.186 e. The van der Waals surface area contributed by atoms with Gasteiger partial charge in [0, 0.05) is 31.7 Å². The van der Waals surface area contributed by atoms with Crippen molar-refractivity contribution in [2.24, 2.45) is 0 Å². The fourth-order valence-corrected chi connectivity index (χ4v) is 6.23. The molecule has 8 nitrogen and oxygen atoms in total. The molecule has 2 aromatic carbocycles. The molecule has 2 aliphatic heterocycles. The SMILES string of the molecule is Cc1cccc(OCCCN2C3CCC2CC(N(C)c2nc4ccccc4s2)C3)c1.O=C([O-])C(=O)[O-]. The first kappa shape index (κ1) is 25.9. The van der Waals surface area contributed by atoms with Gasteiger partial charge < -0.3 is 29.4 Å². The van der Waals surface area contributed by atoms with Crippen molar-refractivity contribution in [1.29, 1.82) is 0 Å². The first-order chi connectivity index (χ1) is 17.3. The number of hydrogen-bond acceptors (Lipinski definition) is 9. The normalized spacial score (nSPS) is 21.0. The van der Waals surface area contributed by atoms with Gasteiger partial charge in [0.15, 0.2) is 5.13 Å². The molecule has 2 bridgehead atoms. The number of para-hydroxylation sites is 1. The van der Waals surface area contributed by atoms with Crippen LogP contribution in [0.5, 0.6) is 5.75 Å². The predicted octanol–water partition coefficient (Wildman–Crippen LogP) is 1.99. The Balaban J connectivity index is 0.000000455. The van der Waals surface area contributed by atoms with Gasteiger partial charge >= 0.3 is 0 Å². The number of aromatic nitrogens is 1. The third kappa shape index (κ3) is 6.33. The van der Waals surface area contributed by atoms with E-state index in [-0.39, 0.29) is 0 Å². The molecule has 1 aromatic heterocycles. The number of carboxylic acid groups (broad SMARTS) is 2. The van der Waals surface area contributed by atoms with Gasteiger partial charge in [0.05, 0.1) is 28.8 Å². The zero-order valence-corrected chi connectivity index (χ0v) is 21.4. The van der Waals surface area contributed by atoms with Crippen molar-refractivity contribution in [2.45, 2.75) is 57.2 Å². The van der Waals surface area contributed by atoms with Gasteiger partial charge in [-0.3, -0.25) is 4.90 Å². The number of fused-ring (bicyclic) bond motifs is 3. The van der Waals surface area contributed by atoms with Crippen LogP contribution in [-0.4, -0.2) is 60.1 Å². The molecule has 0 saturated carbocycles. The minimum atomic E-state index is -2.19. The first-order valence-electron chi connectivity index (χ1n) is 12.3. The van der Waals surface area contributed by atoms with E-state index in [1.807, 2.05) is 11.3 Å². The largest absolute Gasteiger partial charge is 0.543 e. The van der Waals surface area contributed by atoms with Crippen molar-refractivity contribution < 1.29 is 24.5 Å². The maximum absolute atomic E-state index is 8.93. The van der Waals surface area contributed by atoms with Gasteiger partial charge in [-0.15, -0.1) is 0 Å². The third-order valence-electron chi connectivity index (χ3n) is 6.98. The summed E-state index contributed by atoms with van der Waals surface area (Å²) in [5.74, 6) is -3.38. The Morgan fingerprint density at radius 1 is 1.08 bits per heavy atom. The Morgan fingerprint density at radius 3 is 2.42 bits per heavy atom. The Labute approximate surface area is 215 Å². The molecule has 0 amide bonds. The maximum atomic E-state index is 8.93. The summed E-state index contributed by atoms with van der Waals surface area (Å²) in [6.45, 7) is 4.06. The summed E-state index contributed by atoms with van der Waals surface area (Å²) in [6, 6.07) is 18.9. The van der Waals surface area contributed by atoms with Crippen LogP contribution in [0.15, 0.2) is 48.5 Å². The second kappa shape index (κ2) is 11.7. The van der Waals surface area contributed by atoms with Crippen molar-refractivity contribution in [2.75, 3.05) is 25.1 Å². The van der Waals surface area contributed by atoms with E-state index in [2.05, 4.69) is 72.3 Å². The summed E-state index contributed by atoms with van der Waals surface area (Å²) >= 11 is 1.82. The lowest BCUT2D eigenvalue weighted by Gasteiger charge is -2.42. The Kier molecular flexibility index (Phi) is 8.43. The summed E-state index contributed by atoms with van der Waals surface area (Å²) in [5, 5.41) is 19.0. The number of carbonyl (C=O) groups is 2. The lowest BCUT2D eigenvalue weighted by molar-refractivity contribution is -0.345. The molecule has 2 fully saturated rings. The molecular formula is C27H31N3O5S-2. The molecule has 5 rings (SSSR count). The van der Waals surface area contributed by atoms with Crippen LogP contribution in [0, 0.1) is 6.92 Å².